The summed E-state index contributed by atoms with van der Waals surface area (Å²) in [4.78, 5) is 0. The van der Waals surface area contributed by atoms with Gasteiger partial charge in [0.05, 0.1) is 0 Å². The van der Waals surface area contributed by atoms with E-state index in [1.807, 2.05) is 0 Å². The Morgan fingerprint density at radius 2 is 1.24 bits per heavy atom. The van der Waals surface area contributed by atoms with Crippen LogP contribution in [-0.2, 0) is 0 Å². The van der Waals surface area contributed by atoms with Crippen LogP contribution in [0.25, 0.3) is 0 Å². The molecule has 0 rings (SSSR count). The van der Waals surface area contributed by atoms with E-state index in [0.29, 0.717) is 0 Å². The quantitative estimate of drug-likeness (QED) is 0.222. The summed E-state index contributed by atoms with van der Waals surface area (Å²) >= 11 is 3.47. The molecule has 0 radical (unpaired) electrons. The summed E-state index contributed by atoms with van der Waals surface area (Å²) in [5.41, 5.74) is 0. The van der Waals surface area contributed by atoms with Crippen LogP contribution in [0.1, 0.15) is 71.1 Å². The first-order chi connectivity index (χ1) is 8.41. The van der Waals surface area contributed by atoms with Crippen LogP contribution < -0.4 is 0 Å². The minimum absolute atomic E-state index is 1.17. The van der Waals surface area contributed by atoms with Gasteiger partial charge in [-0.05, 0) is 25.7 Å². The van der Waals surface area contributed by atoms with E-state index in [0.717, 1.165) is 0 Å². The van der Waals surface area contributed by atoms with Crippen molar-refractivity contribution >= 4 is 15.9 Å². The van der Waals surface area contributed by atoms with Crippen molar-refractivity contribution in [3.8, 4) is 0 Å². The molecule has 0 aromatic carbocycles. The molecule has 0 atom stereocenters. The summed E-state index contributed by atoms with van der Waals surface area (Å²) in [7, 11) is 0. The summed E-state index contributed by atoms with van der Waals surface area (Å²) in [5.74, 6) is 0. The zero-order chi connectivity index (χ0) is 12.6. The van der Waals surface area contributed by atoms with Crippen LogP contribution >= 0.6 is 15.9 Å². The number of alkyl halides is 1. The molecule has 0 unspecified atom stereocenters. The predicted molar refractivity (Wildman–Crippen MR) is 83.9 cm³/mol. The van der Waals surface area contributed by atoms with Gasteiger partial charge in [-0.3, -0.25) is 0 Å². The van der Waals surface area contributed by atoms with Crippen LogP contribution in [0.5, 0.6) is 0 Å². The molecule has 100 valence electrons. The van der Waals surface area contributed by atoms with Crippen molar-refractivity contribution in [1.82, 2.24) is 0 Å². The normalized spacial score (nSPS) is 11.9. The molecule has 0 aromatic heterocycles. The summed E-state index contributed by atoms with van der Waals surface area (Å²) in [6.07, 6.45) is 22.4. The van der Waals surface area contributed by atoms with Gasteiger partial charge in [0.1, 0.15) is 0 Å². The third-order valence-corrected chi connectivity index (χ3v) is 3.42. The van der Waals surface area contributed by atoms with Crippen LogP contribution in [0.4, 0.5) is 0 Å². The maximum atomic E-state index is 3.47. The topological polar surface area (TPSA) is 0 Å². The van der Waals surface area contributed by atoms with Gasteiger partial charge in [0.2, 0.25) is 0 Å². The van der Waals surface area contributed by atoms with E-state index in [4.69, 9.17) is 0 Å². The number of allylic oxidation sites excluding steroid dienone is 4. The lowest BCUT2D eigenvalue weighted by Crippen LogP contribution is -1.79. The van der Waals surface area contributed by atoms with E-state index in [-0.39, 0.29) is 0 Å². The number of rotatable bonds is 12. The molecule has 0 bridgehead atoms. The second-order valence-electron chi connectivity index (χ2n) is 4.60. The van der Waals surface area contributed by atoms with E-state index >= 15 is 0 Å². The Labute approximate surface area is 117 Å². The highest BCUT2D eigenvalue weighted by Gasteiger charge is 1.89. The molecule has 0 saturated heterocycles. The lowest BCUT2D eigenvalue weighted by atomic mass is 10.1. The molecule has 0 spiro atoms. The monoisotopic (exact) mass is 300 g/mol. The van der Waals surface area contributed by atoms with Gasteiger partial charge in [0.25, 0.3) is 0 Å². The highest BCUT2D eigenvalue weighted by molar-refractivity contribution is 9.09. The van der Waals surface area contributed by atoms with Gasteiger partial charge in [-0.25, -0.2) is 0 Å². The van der Waals surface area contributed by atoms with Gasteiger partial charge >= 0.3 is 0 Å². The third kappa shape index (κ3) is 16.0. The molecule has 0 aromatic rings. The van der Waals surface area contributed by atoms with Crippen molar-refractivity contribution in [3.63, 3.8) is 0 Å². The summed E-state index contributed by atoms with van der Waals surface area (Å²) in [6, 6.07) is 0. The molecule has 0 aliphatic rings. The Balaban J connectivity index is 3.11. The predicted octanol–water partition coefficient (Wildman–Crippen LogP) is 6.41. The Hall–Kier alpha value is -0.0400. The van der Waals surface area contributed by atoms with Gasteiger partial charge in [0.15, 0.2) is 0 Å². The van der Waals surface area contributed by atoms with Crippen molar-refractivity contribution in [2.24, 2.45) is 0 Å². The van der Waals surface area contributed by atoms with Crippen molar-refractivity contribution < 1.29 is 0 Å². The van der Waals surface area contributed by atoms with Crippen LogP contribution in [0.15, 0.2) is 24.3 Å². The van der Waals surface area contributed by atoms with Crippen LogP contribution in [-0.4, -0.2) is 5.33 Å². The van der Waals surface area contributed by atoms with E-state index < -0.39 is 0 Å². The third-order valence-electron chi connectivity index (χ3n) is 2.86. The summed E-state index contributed by atoms with van der Waals surface area (Å²) in [6.45, 7) is 2.24. The maximum absolute atomic E-state index is 3.47. The molecular formula is C16H29Br. The van der Waals surface area contributed by atoms with E-state index in [2.05, 4.69) is 47.2 Å². The SMILES string of the molecule is CCCC/C=C\C=C\CCCCCCCCBr. The maximum Gasteiger partial charge on any atom is 0.00313 e. The van der Waals surface area contributed by atoms with Crippen molar-refractivity contribution in [2.75, 3.05) is 5.33 Å². The van der Waals surface area contributed by atoms with Gasteiger partial charge < -0.3 is 0 Å². The molecule has 0 N–H and O–H groups in total. The smallest absolute Gasteiger partial charge is 0.00313 e. The molecule has 0 aliphatic carbocycles. The zero-order valence-electron chi connectivity index (χ0n) is 11.5. The Morgan fingerprint density at radius 1 is 0.706 bits per heavy atom. The minimum Gasteiger partial charge on any atom is -0.0928 e. The molecule has 0 fully saturated rings. The lowest BCUT2D eigenvalue weighted by Gasteiger charge is -1.98. The Bertz CT molecular complexity index is 182. The number of unbranched alkanes of at least 4 members (excludes halogenated alkanes) is 8. The lowest BCUT2D eigenvalue weighted by molar-refractivity contribution is 0.614. The first kappa shape index (κ1) is 17.0. The van der Waals surface area contributed by atoms with Crippen LogP contribution in [0.3, 0.4) is 0 Å². The van der Waals surface area contributed by atoms with Gasteiger partial charge in [-0.2, -0.15) is 0 Å². The Morgan fingerprint density at radius 3 is 1.82 bits per heavy atom. The average Bonchev–Trinajstić information content (AvgIpc) is 2.35. The van der Waals surface area contributed by atoms with Gasteiger partial charge in [-0.15, -0.1) is 0 Å². The van der Waals surface area contributed by atoms with Crippen LogP contribution in [0, 0.1) is 0 Å². The minimum atomic E-state index is 1.17. The largest absolute Gasteiger partial charge is 0.0928 e. The average molecular weight is 301 g/mol. The first-order valence-electron chi connectivity index (χ1n) is 7.29. The second kappa shape index (κ2) is 16.0. The van der Waals surface area contributed by atoms with Crippen molar-refractivity contribution in [3.05, 3.63) is 24.3 Å². The zero-order valence-corrected chi connectivity index (χ0v) is 13.1. The molecule has 0 saturated carbocycles. The second-order valence-corrected chi connectivity index (χ2v) is 5.39. The fourth-order valence-electron chi connectivity index (χ4n) is 1.74. The number of hydrogen-bond donors (Lipinski definition) is 0. The van der Waals surface area contributed by atoms with Crippen LogP contribution in [0.2, 0.25) is 0 Å². The molecule has 1 heteroatoms. The molecule has 17 heavy (non-hydrogen) atoms. The standard InChI is InChI=1S/C16H29Br/c1-2-3-4-5-6-7-8-9-10-11-12-13-14-15-16-17/h5-8H,2-4,9-16H2,1H3/b6-5-,8-7+. The first-order valence-corrected chi connectivity index (χ1v) is 8.41. The van der Waals surface area contributed by atoms with Gasteiger partial charge in [-0.1, -0.05) is 85.7 Å². The Kier molecular flexibility index (Phi) is 15.9. The van der Waals surface area contributed by atoms with E-state index in [1.54, 1.807) is 0 Å². The summed E-state index contributed by atoms with van der Waals surface area (Å²) in [5, 5.41) is 1.17. The summed E-state index contributed by atoms with van der Waals surface area (Å²) < 4.78 is 0. The molecule has 0 heterocycles. The fraction of sp³-hybridized carbons (Fsp3) is 0.750. The van der Waals surface area contributed by atoms with Crippen molar-refractivity contribution in [2.45, 2.75) is 71.1 Å². The molecular weight excluding hydrogens is 272 g/mol. The molecule has 0 aliphatic heterocycles. The van der Waals surface area contributed by atoms with Crippen molar-refractivity contribution in [1.29, 1.82) is 0 Å². The highest BCUT2D eigenvalue weighted by atomic mass is 79.9. The highest BCUT2D eigenvalue weighted by Crippen LogP contribution is 2.08. The fourth-order valence-corrected chi connectivity index (χ4v) is 2.13. The number of hydrogen-bond acceptors (Lipinski definition) is 0. The molecule has 0 nitrogen and oxygen atoms in total. The molecule has 0 amide bonds. The van der Waals surface area contributed by atoms with Gasteiger partial charge in [0, 0.05) is 5.33 Å². The van der Waals surface area contributed by atoms with E-state index in [1.165, 1.54) is 69.5 Å². The van der Waals surface area contributed by atoms with E-state index in [9.17, 15) is 0 Å². The number of halogens is 1.